The molecule has 0 spiro atoms. The monoisotopic (exact) mass is 265 g/mol. The number of anilines is 1. The van der Waals surface area contributed by atoms with Gasteiger partial charge in [0, 0.05) is 5.69 Å². The van der Waals surface area contributed by atoms with Gasteiger partial charge in [-0.25, -0.2) is 4.79 Å². The molecule has 0 aliphatic carbocycles. The molecule has 0 aliphatic rings. The van der Waals surface area contributed by atoms with E-state index in [4.69, 9.17) is 9.84 Å². The lowest BCUT2D eigenvalue weighted by Crippen LogP contribution is -2.26. The number of amides is 1. The number of rotatable bonds is 5. The minimum Gasteiger partial charge on any atom is -0.479 e. The number of ether oxygens (including phenoxy) is 1. The van der Waals surface area contributed by atoms with Crippen LogP contribution >= 0.6 is 0 Å². The number of hydrogen-bond acceptors (Lipinski definition) is 3. The van der Waals surface area contributed by atoms with Crippen LogP contribution in [-0.2, 0) is 14.3 Å². The minimum absolute atomic E-state index is 0.278. The van der Waals surface area contributed by atoms with E-state index < -0.39 is 12.1 Å². The molecule has 1 aromatic rings. The van der Waals surface area contributed by atoms with Gasteiger partial charge in [0.05, 0.1) is 0 Å². The fraction of sp³-hybridized carbons (Fsp3) is 0.429. The molecular weight excluding hydrogens is 246 g/mol. The van der Waals surface area contributed by atoms with Gasteiger partial charge in [-0.15, -0.1) is 0 Å². The quantitative estimate of drug-likeness (QED) is 0.854. The fourth-order valence-corrected chi connectivity index (χ4v) is 1.82. The molecule has 0 fully saturated rings. The molecule has 5 nitrogen and oxygen atoms in total. The Hall–Kier alpha value is -1.88. The van der Waals surface area contributed by atoms with Crippen LogP contribution in [0.2, 0.25) is 0 Å². The van der Waals surface area contributed by atoms with Crippen LogP contribution in [0, 0.1) is 20.8 Å². The highest BCUT2D eigenvalue weighted by molar-refractivity contribution is 5.93. The molecule has 5 heteroatoms. The van der Waals surface area contributed by atoms with E-state index in [2.05, 4.69) is 5.32 Å². The number of hydrogen-bond donors (Lipinski definition) is 2. The maximum atomic E-state index is 11.7. The molecule has 0 heterocycles. The Balaban J connectivity index is 2.65. The zero-order valence-corrected chi connectivity index (χ0v) is 11.6. The summed E-state index contributed by atoms with van der Waals surface area (Å²) in [6.45, 7) is 6.92. The third kappa shape index (κ3) is 4.37. The Bertz CT molecular complexity index is 473. The van der Waals surface area contributed by atoms with Gasteiger partial charge in [-0.3, -0.25) is 4.79 Å². The second-order valence-corrected chi connectivity index (χ2v) is 4.61. The van der Waals surface area contributed by atoms with Crippen LogP contribution < -0.4 is 5.32 Å². The Labute approximate surface area is 112 Å². The lowest BCUT2D eigenvalue weighted by atomic mass is 10.1. The van der Waals surface area contributed by atoms with E-state index in [0.29, 0.717) is 0 Å². The Kier molecular flexibility index (Phi) is 5.06. The van der Waals surface area contributed by atoms with Crippen LogP contribution in [-0.4, -0.2) is 29.7 Å². The number of carboxylic acid groups (broad SMARTS) is 1. The fourth-order valence-electron chi connectivity index (χ4n) is 1.82. The van der Waals surface area contributed by atoms with Crippen LogP contribution in [0.5, 0.6) is 0 Å². The van der Waals surface area contributed by atoms with Crippen molar-refractivity contribution in [2.45, 2.75) is 33.8 Å². The van der Waals surface area contributed by atoms with Gasteiger partial charge in [-0.1, -0.05) is 17.7 Å². The molecule has 1 aromatic carbocycles. The van der Waals surface area contributed by atoms with E-state index in [0.717, 1.165) is 22.4 Å². The van der Waals surface area contributed by atoms with Crippen LogP contribution in [0.25, 0.3) is 0 Å². The molecule has 0 aromatic heterocycles. The van der Waals surface area contributed by atoms with Crippen molar-refractivity contribution in [1.82, 2.24) is 0 Å². The summed E-state index contributed by atoms with van der Waals surface area (Å²) in [7, 11) is 0. The average Bonchev–Trinajstić information content (AvgIpc) is 2.30. The highest BCUT2D eigenvalue weighted by Gasteiger charge is 2.14. The van der Waals surface area contributed by atoms with Gasteiger partial charge in [0.15, 0.2) is 6.10 Å². The molecule has 0 saturated carbocycles. The molecule has 1 atom stereocenters. The number of carbonyl (C=O) groups is 2. The van der Waals surface area contributed by atoms with Crippen molar-refractivity contribution in [3.63, 3.8) is 0 Å². The highest BCUT2D eigenvalue weighted by Crippen LogP contribution is 2.21. The van der Waals surface area contributed by atoms with Gasteiger partial charge < -0.3 is 15.2 Å². The predicted octanol–water partition coefficient (Wildman–Crippen LogP) is 2.04. The van der Waals surface area contributed by atoms with E-state index >= 15 is 0 Å². The molecule has 19 heavy (non-hydrogen) atoms. The maximum absolute atomic E-state index is 11.7. The highest BCUT2D eigenvalue weighted by atomic mass is 16.5. The smallest absolute Gasteiger partial charge is 0.332 e. The summed E-state index contributed by atoms with van der Waals surface area (Å²) in [6.07, 6.45) is -0.994. The molecule has 0 aliphatic heterocycles. The second kappa shape index (κ2) is 6.33. The summed E-state index contributed by atoms with van der Waals surface area (Å²) in [5.74, 6) is -1.45. The first-order valence-electron chi connectivity index (χ1n) is 6.03. The van der Waals surface area contributed by atoms with Crippen LogP contribution in [0.15, 0.2) is 12.1 Å². The van der Waals surface area contributed by atoms with Crippen molar-refractivity contribution in [1.29, 1.82) is 0 Å². The van der Waals surface area contributed by atoms with E-state index in [1.54, 1.807) is 0 Å². The van der Waals surface area contributed by atoms with Crippen molar-refractivity contribution in [3.05, 3.63) is 28.8 Å². The van der Waals surface area contributed by atoms with Gasteiger partial charge >= 0.3 is 5.97 Å². The molecule has 104 valence electrons. The largest absolute Gasteiger partial charge is 0.479 e. The minimum atomic E-state index is -1.09. The Morgan fingerprint density at radius 3 is 2.26 bits per heavy atom. The normalized spacial score (nSPS) is 12.0. The van der Waals surface area contributed by atoms with Gasteiger partial charge in [0.1, 0.15) is 6.61 Å². The molecule has 0 saturated heterocycles. The summed E-state index contributed by atoms with van der Waals surface area (Å²) in [5.41, 5.74) is 3.82. The summed E-state index contributed by atoms with van der Waals surface area (Å²) in [4.78, 5) is 22.3. The van der Waals surface area contributed by atoms with E-state index in [-0.39, 0.29) is 12.5 Å². The molecule has 1 rings (SSSR count). The van der Waals surface area contributed by atoms with Gasteiger partial charge in [0.25, 0.3) is 0 Å². The number of carboxylic acids is 1. The molecule has 1 amide bonds. The Morgan fingerprint density at radius 2 is 1.79 bits per heavy atom. The van der Waals surface area contributed by atoms with E-state index in [1.807, 2.05) is 32.9 Å². The number of carbonyl (C=O) groups excluding carboxylic acids is 1. The van der Waals surface area contributed by atoms with E-state index in [1.165, 1.54) is 6.92 Å². The zero-order valence-electron chi connectivity index (χ0n) is 11.6. The first-order chi connectivity index (χ1) is 8.81. The van der Waals surface area contributed by atoms with Crippen molar-refractivity contribution < 1.29 is 19.4 Å². The third-order valence-electron chi connectivity index (χ3n) is 2.75. The predicted molar refractivity (Wildman–Crippen MR) is 72.3 cm³/mol. The average molecular weight is 265 g/mol. The van der Waals surface area contributed by atoms with Crippen molar-refractivity contribution >= 4 is 17.6 Å². The standard InChI is InChI=1S/C14H19NO4/c1-8-5-9(2)13(10(3)6-8)15-12(16)7-19-11(4)14(17)18/h5-6,11H,7H2,1-4H3,(H,15,16)(H,17,18)/t11-/m1/s1. The number of benzene rings is 1. The van der Waals surface area contributed by atoms with Crippen molar-refractivity contribution in [2.75, 3.05) is 11.9 Å². The molecule has 0 unspecified atom stereocenters. The van der Waals surface area contributed by atoms with Crippen molar-refractivity contribution in [3.8, 4) is 0 Å². The van der Waals surface area contributed by atoms with Gasteiger partial charge in [0.2, 0.25) is 5.91 Å². The van der Waals surface area contributed by atoms with Crippen LogP contribution in [0.1, 0.15) is 23.6 Å². The molecular formula is C14H19NO4. The SMILES string of the molecule is Cc1cc(C)c(NC(=O)CO[C@H](C)C(=O)O)c(C)c1. The lowest BCUT2D eigenvalue weighted by molar-refractivity contribution is -0.150. The number of aliphatic carboxylic acids is 1. The lowest BCUT2D eigenvalue weighted by Gasteiger charge is -2.13. The zero-order chi connectivity index (χ0) is 14.6. The summed E-state index contributed by atoms with van der Waals surface area (Å²) >= 11 is 0. The van der Waals surface area contributed by atoms with Crippen LogP contribution in [0.4, 0.5) is 5.69 Å². The Morgan fingerprint density at radius 1 is 1.26 bits per heavy atom. The summed E-state index contributed by atoms with van der Waals surface area (Å²) in [6, 6.07) is 3.95. The number of nitrogens with one attached hydrogen (secondary N) is 1. The summed E-state index contributed by atoms with van der Waals surface area (Å²) in [5, 5.41) is 11.4. The van der Waals surface area contributed by atoms with E-state index in [9.17, 15) is 9.59 Å². The first kappa shape index (κ1) is 15.2. The van der Waals surface area contributed by atoms with Gasteiger partial charge in [-0.05, 0) is 38.8 Å². The number of aryl methyl sites for hydroxylation is 3. The maximum Gasteiger partial charge on any atom is 0.332 e. The first-order valence-corrected chi connectivity index (χ1v) is 6.03. The molecule has 0 radical (unpaired) electrons. The molecule has 2 N–H and O–H groups in total. The third-order valence-corrected chi connectivity index (χ3v) is 2.75. The van der Waals surface area contributed by atoms with Crippen molar-refractivity contribution in [2.24, 2.45) is 0 Å². The topological polar surface area (TPSA) is 75.6 Å². The second-order valence-electron chi connectivity index (χ2n) is 4.61. The molecule has 0 bridgehead atoms. The summed E-state index contributed by atoms with van der Waals surface area (Å²) < 4.78 is 4.93. The van der Waals surface area contributed by atoms with Crippen LogP contribution in [0.3, 0.4) is 0 Å². The van der Waals surface area contributed by atoms with Gasteiger partial charge in [-0.2, -0.15) is 0 Å².